The smallest absolute Gasteiger partial charge is 0.307 e. The molecule has 2 aromatic heterocycles. The normalized spacial score (nSPS) is 23.6. The molecule has 1 fully saturated rings. The molecule has 0 spiro atoms. The number of hydrogen-bond acceptors (Lipinski definition) is 6. The van der Waals surface area contributed by atoms with Gasteiger partial charge in [-0.25, -0.2) is 4.90 Å². The van der Waals surface area contributed by atoms with Gasteiger partial charge in [0.2, 0.25) is 11.8 Å². The number of benzene rings is 1. The van der Waals surface area contributed by atoms with Gasteiger partial charge in [0.05, 0.1) is 22.2 Å². The molecule has 0 aliphatic carbocycles. The minimum absolute atomic E-state index is 0.100. The molecule has 2 aliphatic rings. The maximum Gasteiger partial charge on any atom is 0.416 e. The zero-order valence-electron chi connectivity index (χ0n) is 14.8. The summed E-state index contributed by atoms with van der Waals surface area (Å²) >= 11 is 3.50. The number of carbonyl (C=O) groups excluding carboxylic acids is 2. The van der Waals surface area contributed by atoms with Gasteiger partial charge in [-0.15, -0.1) is 11.3 Å². The number of thiophene rings is 1. The number of aromatic amines is 1. The Morgan fingerprint density at radius 3 is 2.53 bits per heavy atom. The summed E-state index contributed by atoms with van der Waals surface area (Å²) in [6.45, 7) is 0. The van der Waals surface area contributed by atoms with Crippen molar-refractivity contribution < 1.29 is 22.8 Å². The van der Waals surface area contributed by atoms with Gasteiger partial charge in [0, 0.05) is 15.7 Å². The van der Waals surface area contributed by atoms with E-state index in [4.69, 9.17) is 0 Å². The van der Waals surface area contributed by atoms with E-state index >= 15 is 0 Å². The van der Waals surface area contributed by atoms with Crippen molar-refractivity contribution in [2.45, 2.75) is 22.4 Å². The number of halogens is 3. The van der Waals surface area contributed by atoms with Crippen molar-refractivity contribution >= 4 is 51.9 Å². The number of imide groups is 1. The van der Waals surface area contributed by atoms with E-state index < -0.39 is 40.6 Å². The van der Waals surface area contributed by atoms with Crippen molar-refractivity contribution in [3.8, 4) is 0 Å². The van der Waals surface area contributed by atoms with Crippen LogP contribution in [-0.2, 0) is 15.8 Å². The number of fused-ring (bicyclic) bond motifs is 2. The van der Waals surface area contributed by atoms with Crippen molar-refractivity contribution in [1.29, 1.82) is 0 Å². The van der Waals surface area contributed by atoms with Gasteiger partial charge in [-0.2, -0.15) is 13.2 Å². The largest absolute Gasteiger partial charge is 0.416 e. The predicted octanol–water partition coefficient (Wildman–Crippen LogP) is 4.31. The van der Waals surface area contributed by atoms with Crippen molar-refractivity contribution in [1.82, 2.24) is 4.98 Å². The zero-order valence-corrected chi connectivity index (χ0v) is 17.3. The van der Waals surface area contributed by atoms with E-state index in [0.717, 1.165) is 45.0 Å². The average Bonchev–Trinajstić information content (AvgIpc) is 3.39. The number of aromatic nitrogens is 1. The van der Waals surface area contributed by atoms with Gasteiger partial charge in [-0.05, 0) is 29.6 Å². The molecule has 11 heteroatoms. The molecule has 0 radical (unpaired) electrons. The second kappa shape index (κ2) is 6.82. The van der Waals surface area contributed by atoms with Crippen LogP contribution in [0.15, 0.2) is 51.6 Å². The van der Waals surface area contributed by atoms with Gasteiger partial charge in [-0.1, -0.05) is 35.2 Å². The first-order valence-corrected chi connectivity index (χ1v) is 11.3. The number of hydrogen-bond donors (Lipinski definition) is 1. The van der Waals surface area contributed by atoms with Crippen molar-refractivity contribution in [2.24, 2.45) is 5.92 Å². The Labute approximate surface area is 179 Å². The summed E-state index contributed by atoms with van der Waals surface area (Å²) in [5.41, 5.74) is -1.03. The SMILES string of the molecule is O=C1C2Sc3[nH]c(=O)sc3[C@H](c3cccs3)C2C(=O)N1c1cccc(C(F)(F)F)c1. The third kappa shape index (κ3) is 2.95. The molecule has 1 aromatic carbocycles. The molecule has 1 N–H and O–H groups in total. The van der Waals surface area contributed by atoms with E-state index in [1.165, 1.54) is 23.5 Å². The number of amides is 2. The number of H-pyrrole nitrogens is 1. The lowest BCUT2D eigenvalue weighted by Gasteiger charge is -2.28. The number of thiazole rings is 1. The zero-order chi connectivity index (χ0) is 21.2. The third-order valence-electron chi connectivity index (χ3n) is 5.11. The Bertz CT molecular complexity index is 1220. The van der Waals surface area contributed by atoms with E-state index in [1.807, 2.05) is 17.5 Å². The Morgan fingerprint density at radius 2 is 1.83 bits per heavy atom. The lowest BCUT2D eigenvalue weighted by atomic mass is 9.87. The summed E-state index contributed by atoms with van der Waals surface area (Å²) < 4.78 is 39.4. The molecule has 2 unspecified atom stereocenters. The van der Waals surface area contributed by atoms with Crippen LogP contribution >= 0.6 is 34.4 Å². The van der Waals surface area contributed by atoms with Gasteiger partial charge in [0.15, 0.2) is 0 Å². The quantitative estimate of drug-likeness (QED) is 0.569. The fraction of sp³-hybridized carbons (Fsp3) is 0.211. The van der Waals surface area contributed by atoms with Crippen LogP contribution in [0.4, 0.5) is 18.9 Å². The van der Waals surface area contributed by atoms with Crippen molar-refractivity contribution in [3.05, 3.63) is 66.8 Å². The second-order valence-corrected chi connectivity index (χ2v) is 9.97. The summed E-state index contributed by atoms with van der Waals surface area (Å²) in [4.78, 5) is 43.3. The number of carbonyl (C=O) groups is 2. The molecular weight excluding hydrogens is 457 g/mol. The average molecular weight is 469 g/mol. The fourth-order valence-electron chi connectivity index (χ4n) is 3.87. The van der Waals surface area contributed by atoms with Crippen LogP contribution < -0.4 is 9.77 Å². The molecule has 2 aliphatic heterocycles. The third-order valence-corrected chi connectivity index (χ3v) is 8.46. The number of alkyl halides is 3. The Hall–Kier alpha value is -2.37. The van der Waals surface area contributed by atoms with Gasteiger partial charge >= 0.3 is 11.0 Å². The monoisotopic (exact) mass is 468 g/mol. The molecule has 2 amide bonds. The highest BCUT2D eigenvalue weighted by atomic mass is 32.2. The highest BCUT2D eigenvalue weighted by Crippen LogP contribution is 2.53. The van der Waals surface area contributed by atoms with Gasteiger partial charge in [-0.3, -0.25) is 14.4 Å². The molecule has 0 saturated carbocycles. The first-order valence-electron chi connectivity index (χ1n) is 8.74. The maximum atomic E-state index is 13.4. The number of thioether (sulfide) groups is 1. The maximum absolute atomic E-state index is 13.4. The molecule has 154 valence electrons. The summed E-state index contributed by atoms with van der Waals surface area (Å²) in [5, 5.41) is 1.56. The Morgan fingerprint density at radius 1 is 1.03 bits per heavy atom. The van der Waals surface area contributed by atoms with E-state index in [-0.39, 0.29) is 10.6 Å². The topological polar surface area (TPSA) is 70.2 Å². The van der Waals surface area contributed by atoms with Crippen LogP contribution in [0.1, 0.15) is 21.2 Å². The lowest BCUT2D eigenvalue weighted by molar-refractivity contribution is -0.137. The fourth-order valence-corrected chi connectivity index (χ4v) is 7.33. The first kappa shape index (κ1) is 19.6. The predicted molar refractivity (Wildman–Crippen MR) is 108 cm³/mol. The molecule has 4 heterocycles. The molecule has 5 rings (SSSR count). The van der Waals surface area contributed by atoms with E-state index in [2.05, 4.69) is 4.98 Å². The standard InChI is InChI=1S/C19H11F3N2O3S3/c20-19(21,22)8-3-1-4-9(7-8)24-16(25)12-11(10-5-2-6-28-10)13-15(23-18(27)30-13)29-14(12)17(24)26/h1-7,11-12,14H,(H,23,27)/t11-,12?,14?/m1/s1. The second-order valence-electron chi connectivity index (χ2n) is 6.83. The lowest BCUT2D eigenvalue weighted by Crippen LogP contribution is -2.32. The van der Waals surface area contributed by atoms with Crippen molar-refractivity contribution in [3.63, 3.8) is 0 Å². The summed E-state index contributed by atoms with van der Waals surface area (Å²) in [6, 6.07) is 7.87. The minimum Gasteiger partial charge on any atom is -0.307 e. The summed E-state index contributed by atoms with van der Waals surface area (Å²) in [7, 11) is 0. The van der Waals surface area contributed by atoms with E-state index in [9.17, 15) is 27.6 Å². The number of nitrogens with zero attached hydrogens (tertiary/aromatic N) is 1. The van der Waals surface area contributed by atoms with Crippen LogP contribution in [0.3, 0.4) is 0 Å². The van der Waals surface area contributed by atoms with Crippen LogP contribution in [0.2, 0.25) is 0 Å². The Kier molecular flexibility index (Phi) is 4.46. The molecule has 3 aromatic rings. The molecule has 0 bridgehead atoms. The minimum atomic E-state index is -4.59. The molecule has 5 nitrogen and oxygen atoms in total. The summed E-state index contributed by atoms with van der Waals surface area (Å²) in [6.07, 6.45) is -4.59. The molecule has 1 saturated heterocycles. The van der Waals surface area contributed by atoms with Crippen molar-refractivity contribution in [2.75, 3.05) is 4.90 Å². The number of rotatable bonds is 2. The molecule has 30 heavy (non-hydrogen) atoms. The summed E-state index contributed by atoms with van der Waals surface area (Å²) in [5.74, 6) is -2.42. The number of anilines is 1. The molecular formula is C19H11F3N2O3S3. The molecule has 3 atom stereocenters. The number of nitrogens with one attached hydrogen (secondary N) is 1. The van der Waals surface area contributed by atoms with Gasteiger partial charge in [0.25, 0.3) is 0 Å². The van der Waals surface area contributed by atoms with Crippen LogP contribution in [0.25, 0.3) is 0 Å². The van der Waals surface area contributed by atoms with Crippen LogP contribution in [0.5, 0.6) is 0 Å². The first-order chi connectivity index (χ1) is 14.3. The van der Waals surface area contributed by atoms with E-state index in [1.54, 1.807) is 0 Å². The highest BCUT2D eigenvalue weighted by molar-refractivity contribution is 8.00. The Balaban J connectivity index is 1.62. The van der Waals surface area contributed by atoms with Crippen LogP contribution in [0, 0.1) is 5.92 Å². The van der Waals surface area contributed by atoms with Gasteiger partial charge in [0.1, 0.15) is 5.25 Å². The van der Waals surface area contributed by atoms with Crippen LogP contribution in [-0.4, -0.2) is 22.0 Å². The van der Waals surface area contributed by atoms with E-state index in [0.29, 0.717) is 9.90 Å². The highest BCUT2D eigenvalue weighted by Gasteiger charge is 2.56. The van der Waals surface area contributed by atoms with Gasteiger partial charge < -0.3 is 4.98 Å².